The summed E-state index contributed by atoms with van der Waals surface area (Å²) < 4.78 is 5.83. The number of carbonyl (C=O) groups is 1. The van der Waals surface area contributed by atoms with Crippen molar-refractivity contribution < 1.29 is 9.53 Å². The molecule has 1 heterocycles. The minimum atomic E-state index is 0.112. The number of nitrogens with zero attached hydrogens (tertiary/aromatic N) is 2. The molecule has 4 nitrogen and oxygen atoms in total. The number of hydrogen-bond acceptors (Lipinski definition) is 3. The van der Waals surface area contributed by atoms with E-state index in [9.17, 15) is 4.79 Å². The fourth-order valence-electron chi connectivity index (χ4n) is 2.76. The molecule has 1 fully saturated rings. The van der Waals surface area contributed by atoms with Crippen molar-refractivity contribution in [1.82, 2.24) is 9.80 Å². The van der Waals surface area contributed by atoms with Crippen LogP contribution in [0.3, 0.4) is 0 Å². The predicted molar refractivity (Wildman–Crippen MR) is 87.3 cm³/mol. The van der Waals surface area contributed by atoms with E-state index in [0.29, 0.717) is 6.54 Å². The van der Waals surface area contributed by atoms with Gasteiger partial charge in [-0.3, -0.25) is 9.69 Å². The fourth-order valence-corrected chi connectivity index (χ4v) is 2.76. The van der Waals surface area contributed by atoms with Crippen LogP contribution < -0.4 is 0 Å². The summed E-state index contributed by atoms with van der Waals surface area (Å²) in [7, 11) is 1.90. The van der Waals surface area contributed by atoms with Crippen LogP contribution in [-0.4, -0.2) is 61.6 Å². The van der Waals surface area contributed by atoms with Gasteiger partial charge in [-0.2, -0.15) is 0 Å². The van der Waals surface area contributed by atoms with Crippen LogP contribution >= 0.6 is 0 Å². The van der Waals surface area contributed by atoms with Crippen LogP contribution in [0.4, 0.5) is 0 Å². The Kier molecular flexibility index (Phi) is 8.27. The van der Waals surface area contributed by atoms with Gasteiger partial charge in [-0.25, -0.2) is 0 Å². The molecule has 0 radical (unpaired) electrons. The van der Waals surface area contributed by atoms with Crippen LogP contribution in [0.25, 0.3) is 0 Å². The second kappa shape index (κ2) is 9.42. The lowest BCUT2D eigenvalue weighted by molar-refractivity contribution is -0.136. The molecule has 2 atom stereocenters. The largest absolute Gasteiger partial charge is 0.374 e. The van der Waals surface area contributed by atoms with Crippen LogP contribution in [0, 0.1) is 11.8 Å². The molecule has 0 saturated carbocycles. The Labute approximate surface area is 130 Å². The lowest BCUT2D eigenvalue weighted by atomic mass is 10.1. The summed E-state index contributed by atoms with van der Waals surface area (Å²) in [5.41, 5.74) is 0. The number of morpholine rings is 1. The number of hydrogen-bond donors (Lipinski definition) is 0. The number of amides is 1. The van der Waals surface area contributed by atoms with Gasteiger partial charge in [0.15, 0.2) is 0 Å². The van der Waals surface area contributed by atoms with Crippen molar-refractivity contribution in [2.24, 2.45) is 11.8 Å². The first-order valence-electron chi connectivity index (χ1n) is 8.53. The Hall–Kier alpha value is -0.610. The van der Waals surface area contributed by atoms with Crippen molar-refractivity contribution in [3.8, 4) is 0 Å². The molecule has 0 aliphatic carbocycles. The van der Waals surface area contributed by atoms with Crippen molar-refractivity contribution in [1.29, 1.82) is 0 Å². The summed E-state index contributed by atoms with van der Waals surface area (Å²) in [5, 5.41) is 0. The summed E-state index contributed by atoms with van der Waals surface area (Å²) in [4.78, 5) is 16.5. The van der Waals surface area contributed by atoms with Gasteiger partial charge >= 0.3 is 0 Å². The van der Waals surface area contributed by atoms with Gasteiger partial charge in [0.1, 0.15) is 0 Å². The van der Waals surface area contributed by atoms with Crippen LogP contribution in [0.15, 0.2) is 0 Å². The summed E-state index contributed by atoms with van der Waals surface area (Å²) >= 11 is 0. The summed E-state index contributed by atoms with van der Waals surface area (Å²) in [6.07, 6.45) is 3.60. The maximum Gasteiger partial charge on any atom is 0.225 e. The Morgan fingerprint density at radius 1 is 1.38 bits per heavy atom. The van der Waals surface area contributed by atoms with Crippen LogP contribution in [0.5, 0.6) is 0 Å². The molecule has 21 heavy (non-hydrogen) atoms. The van der Waals surface area contributed by atoms with Gasteiger partial charge in [-0.1, -0.05) is 27.7 Å². The highest BCUT2D eigenvalue weighted by atomic mass is 16.5. The zero-order valence-corrected chi connectivity index (χ0v) is 14.6. The molecule has 1 saturated heterocycles. The molecule has 0 bridgehead atoms. The van der Waals surface area contributed by atoms with Crippen molar-refractivity contribution in [3.05, 3.63) is 0 Å². The minimum Gasteiger partial charge on any atom is -0.374 e. The zero-order chi connectivity index (χ0) is 15.8. The standard InChI is InChI=1S/C17H34N2O2/c1-6-15(4)17(20)18(5)12-16-13-19(10-11-21-16)9-7-8-14(2)3/h14-16H,6-13H2,1-5H3/t15?,16-/m1/s1. The molecule has 1 unspecified atom stereocenters. The van der Waals surface area contributed by atoms with Crippen molar-refractivity contribution >= 4 is 5.91 Å². The van der Waals surface area contributed by atoms with Gasteiger partial charge in [0.2, 0.25) is 5.91 Å². The molecule has 4 heteroatoms. The molecular weight excluding hydrogens is 264 g/mol. The van der Waals surface area contributed by atoms with Gasteiger partial charge in [0.05, 0.1) is 12.7 Å². The van der Waals surface area contributed by atoms with E-state index in [1.165, 1.54) is 12.8 Å². The normalized spacial score (nSPS) is 21.5. The molecule has 0 N–H and O–H groups in total. The molecule has 124 valence electrons. The predicted octanol–water partition coefficient (Wildman–Crippen LogP) is 2.63. The van der Waals surface area contributed by atoms with E-state index in [-0.39, 0.29) is 17.9 Å². The highest BCUT2D eigenvalue weighted by Gasteiger charge is 2.24. The Bertz CT molecular complexity index is 307. The van der Waals surface area contributed by atoms with Crippen molar-refractivity contribution in [2.75, 3.05) is 39.8 Å². The van der Waals surface area contributed by atoms with E-state index in [1.54, 1.807) is 0 Å². The van der Waals surface area contributed by atoms with Crippen LogP contribution in [0.1, 0.15) is 47.0 Å². The number of rotatable bonds is 8. The van der Waals surface area contributed by atoms with Crippen molar-refractivity contribution in [3.63, 3.8) is 0 Å². The Morgan fingerprint density at radius 3 is 2.71 bits per heavy atom. The summed E-state index contributed by atoms with van der Waals surface area (Å²) in [5.74, 6) is 1.12. The van der Waals surface area contributed by atoms with Crippen LogP contribution in [-0.2, 0) is 9.53 Å². The molecule has 0 aromatic rings. The first-order valence-corrected chi connectivity index (χ1v) is 8.53. The van der Waals surface area contributed by atoms with E-state index in [4.69, 9.17) is 4.74 Å². The Morgan fingerprint density at radius 2 is 2.10 bits per heavy atom. The molecule has 1 aliphatic rings. The highest BCUT2D eigenvalue weighted by Crippen LogP contribution is 2.12. The average Bonchev–Trinajstić information content (AvgIpc) is 2.45. The van der Waals surface area contributed by atoms with E-state index >= 15 is 0 Å². The Balaban J connectivity index is 2.33. The molecule has 1 amide bonds. The second-order valence-electron chi connectivity index (χ2n) is 6.86. The van der Waals surface area contributed by atoms with Crippen molar-refractivity contribution in [2.45, 2.75) is 53.1 Å². The van der Waals surface area contributed by atoms with E-state index in [1.807, 2.05) is 18.9 Å². The topological polar surface area (TPSA) is 32.8 Å². The fraction of sp³-hybridized carbons (Fsp3) is 0.941. The first-order chi connectivity index (χ1) is 9.93. The third kappa shape index (κ3) is 6.79. The number of carbonyl (C=O) groups excluding carboxylic acids is 1. The third-order valence-electron chi connectivity index (χ3n) is 4.37. The monoisotopic (exact) mass is 298 g/mol. The van der Waals surface area contributed by atoms with E-state index in [0.717, 1.165) is 38.6 Å². The summed E-state index contributed by atoms with van der Waals surface area (Å²) in [6, 6.07) is 0. The lowest BCUT2D eigenvalue weighted by Gasteiger charge is -2.35. The second-order valence-corrected chi connectivity index (χ2v) is 6.86. The molecular formula is C17H34N2O2. The summed E-state index contributed by atoms with van der Waals surface area (Å²) in [6.45, 7) is 13.2. The molecule has 0 spiro atoms. The average molecular weight is 298 g/mol. The van der Waals surface area contributed by atoms with Gasteiger partial charge in [-0.05, 0) is 31.7 Å². The molecule has 1 aliphatic heterocycles. The number of likely N-dealkylation sites (N-methyl/N-ethyl adjacent to an activating group) is 1. The third-order valence-corrected chi connectivity index (χ3v) is 4.37. The maximum absolute atomic E-state index is 12.1. The molecule has 0 aromatic heterocycles. The highest BCUT2D eigenvalue weighted by molar-refractivity contribution is 5.78. The SMILES string of the molecule is CCC(C)C(=O)N(C)C[C@@H]1CN(CCCC(C)C)CCO1. The first kappa shape index (κ1) is 18.4. The van der Waals surface area contributed by atoms with Crippen LogP contribution in [0.2, 0.25) is 0 Å². The smallest absolute Gasteiger partial charge is 0.225 e. The van der Waals surface area contributed by atoms with Gasteiger partial charge < -0.3 is 9.64 Å². The van der Waals surface area contributed by atoms with Gasteiger partial charge in [0.25, 0.3) is 0 Å². The minimum absolute atomic E-state index is 0.112. The lowest BCUT2D eigenvalue weighted by Crippen LogP contribution is -2.48. The van der Waals surface area contributed by atoms with E-state index in [2.05, 4.69) is 25.7 Å². The van der Waals surface area contributed by atoms with Gasteiger partial charge in [0, 0.05) is 32.6 Å². The molecule has 1 rings (SSSR count). The maximum atomic E-state index is 12.1. The zero-order valence-electron chi connectivity index (χ0n) is 14.6. The molecule has 0 aromatic carbocycles. The van der Waals surface area contributed by atoms with E-state index < -0.39 is 0 Å². The quantitative estimate of drug-likeness (QED) is 0.690. The number of ether oxygens (including phenoxy) is 1. The van der Waals surface area contributed by atoms with Gasteiger partial charge in [-0.15, -0.1) is 0 Å².